The Morgan fingerprint density at radius 3 is 1.52 bits per heavy atom. The summed E-state index contributed by atoms with van der Waals surface area (Å²) in [4.78, 5) is 5.25. The zero-order chi connectivity index (χ0) is 19.9. The van der Waals surface area contributed by atoms with Crippen LogP contribution in [0.2, 0.25) is 0 Å². The molecule has 2 nitrogen and oxygen atoms in total. The Kier molecular flexibility index (Phi) is 5.60. The van der Waals surface area contributed by atoms with Gasteiger partial charge in [-0.2, -0.15) is 5.26 Å². The molecule has 0 aliphatic carbocycles. The van der Waals surface area contributed by atoms with Gasteiger partial charge < -0.3 is 0 Å². The third-order valence-electron chi connectivity index (χ3n) is 4.82. The summed E-state index contributed by atoms with van der Waals surface area (Å²) in [6, 6.07) is 40.5. The number of rotatable bonds is 5. The van der Waals surface area contributed by atoms with Gasteiger partial charge in [0.15, 0.2) is 0 Å². The zero-order valence-corrected chi connectivity index (χ0v) is 15.9. The minimum absolute atomic E-state index is 0.167. The van der Waals surface area contributed by atoms with E-state index in [0.29, 0.717) is 5.56 Å². The highest BCUT2D eigenvalue weighted by molar-refractivity contribution is 6.13. The maximum absolute atomic E-state index is 9.15. The van der Waals surface area contributed by atoms with E-state index >= 15 is 0 Å². The van der Waals surface area contributed by atoms with Crippen molar-refractivity contribution in [1.82, 2.24) is 0 Å². The topological polar surface area (TPSA) is 36.1 Å². The molecular formula is C27H20N2. The average Bonchev–Trinajstić information content (AvgIpc) is 2.82. The molecule has 0 saturated heterocycles. The van der Waals surface area contributed by atoms with Crippen molar-refractivity contribution in [2.75, 3.05) is 0 Å². The van der Waals surface area contributed by atoms with E-state index in [9.17, 15) is 0 Å². The highest BCUT2D eigenvalue weighted by Gasteiger charge is 2.16. The van der Waals surface area contributed by atoms with Gasteiger partial charge in [0.2, 0.25) is 0 Å². The van der Waals surface area contributed by atoms with Gasteiger partial charge in [-0.25, -0.2) is 0 Å². The monoisotopic (exact) mass is 372 g/mol. The fourth-order valence-corrected chi connectivity index (χ4v) is 3.35. The molecule has 0 aliphatic rings. The first kappa shape index (κ1) is 18.4. The van der Waals surface area contributed by atoms with Gasteiger partial charge in [0.1, 0.15) is 6.04 Å². The van der Waals surface area contributed by atoms with E-state index in [4.69, 9.17) is 10.3 Å². The molecule has 0 N–H and O–H groups in total. The molecule has 0 amide bonds. The maximum Gasteiger partial charge on any atom is 0.101 e. The summed E-state index contributed by atoms with van der Waals surface area (Å²) in [7, 11) is 0. The minimum Gasteiger partial charge on any atom is -0.271 e. The van der Waals surface area contributed by atoms with Crippen molar-refractivity contribution < 1.29 is 0 Å². The Morgan fingerprint density at radius 1 is 0.586 bits per heavy atom. The zero-order valence-electron chi connectivity index (χ0n) is 15.9. The molecular weight excluding hydrogens is 352 g/mol. The predicted molar refractivity (Wildman–Crippen MR) is 118 cm³/mol. The third kappa shape index (κ3) is 4.31. The van der Waals surface area contributed by atoms with Crippen LogP contribution in [0, 0.1) is 11.3 Å². The number of aliphatic imine (C=N–C) groups is 1. The van der Waals surface area contributed by atoms with Crippen molar-refractivity contribution in [1.29, 1.82) is 5.26 Å². The largest absolute Gasteiger partial charge is 0.271 e. The molecule has 1 atom stereocenters. The second kappa shape index (κ2) is 8.82. The molecule has 0 aromatic heterocycles. The van der Waals surface area contributed by atoms with Crippen LogP contribution in [0.3, 0.4) is 0 Å². The van der Waals surface area contributed by atoms with E-state index < -0.39 is 0 Å². The number of nitrogens with zero attached hydrogens (tertiary/aromatic N) is 2. The van der Waals surface area contributed by atoms with Crippen LogP contribution in [0.25, 0.3) is 0 Å². The summed E-state index contributed by atoms with van der Waals surface area (Å²) in [5.41, 5.74) is 5.92. The molecule has 0 aliphatic heterocycles. The quantitative estimate of drug-likeness (QED) is 0.385. The lowest BCUT2D eigenvalue weighted by Gasteiger charge is -2.17. The molecule has 0 heterocycles. The fourth-order valence-electron chi connectivity index (χ4n) is 3.35. The van der Waals surface area contributed by atoms with Gasteiger partial charge in [-0.15, -0.1) is 0 Å². The van der Waals surface area contributed by atoms with E-state index in [0.717, 1.165) is 28.0 Å². The van der Waals surface area contributed by atoms with E-state index in [2.05, 4.69) is 42.5 Å². The van der Waals surface area contributed by atoms with Gasteiger partial charge in [0.05, 0.1) is 17.3 Å². The summed E-state index contributed by atoms with van der Waals surface area (Å²) in [5, 5.41) is 9.15. The highest BCUT2D eigenvalue weighted by atomic mass is 14.8. The molecule has 4 aromatic rings. The number of benzene rings is 4. The van der Waals surface area contributed by atoms with E-state index in [1.54, 1.807) is 0 Å². The van der Waals surface area contributed by atoms with Gasteiger partial charge in [0, 0.05) is 11.1 Å². The van der Waals surface area contributed by atoms with Crippen LogP contribution in [0.15, 0.2) is 120 Å². The van der Waals surface area contributed by atoms with E-state index in [1.165, 1.54) is 0 Å². The molecule has 4 aromatic carbocycles. The van der Waals surface area contributed by atoms with E-state index in [1.807, 2.05) is 78.9 Å². The molecule has 0 bridgehead atoms. The smallest absolute Gasteiger partial charge is 0.101 e. The fraction of sp³-hybridized carbons (Fsp3) is 0.0370. The first-order valence-electron chi connectivity index (χ1n) is 9.59. The van der Waals surface area contributed by atoms with Crippen LogP contribution in [0.1, 0.15) is 33.9 Å². The van der Waals surface area contributed by atoms with Crippen molar-refractivity contribution in [3.8, 4) is 6.07 Å². The summed E-state index contributed by atoms with van der Waals surface area (Å²) in [5.74, 6) is 0. The van der Waals surface area contributed by atoms with Crippen LogP contribution in [0.4, 0.5) is 0 Å². The molecule has 0 radical (unpaired) electrons. The van der Waals surface area contributed by atoms with Gasteiger partial charge in [-0.1, -0.05) is 103 Å². The molecule has 0 spiro atoms. The second-order valence-corrected chi connectivity index (χ2v) is 6.76. The average molecular weight is 372 g/mol. The summed E-state index contributed by atoms with van der Waals surface area (Å²) in [6.45, 7) is 0. The molecule has 1 unspecified atom stereocenters. The lowest BCUT2D eigenvalue weighted by molar-refractivity contribution is 0.873. The van der Waals surface area contributed by atoms with Gasteiger partial charge in [-0.3, -0.25) is 4.99 Å². The Labute approximate surface area is 171 Å². The summed E-state index contributed by atoms with van der Waals surface area (Å²) < 4.78 is 0. The van der Waals surface area contributed by atoms with Gasteiger partial charge >= 0.3 is 0 Å². The van der Waals surface area contributed by atoms with Crippen molar-refractivity contribution in [3.63, 3.8) is 0 Å². The van der Waals surface area contributed by atoms with Crippen LogP contribution < -0.4 is 0 Å². The first-order valence-corrected chi connectivity index (χ1v) is 9.59. The van der Waals surface area contributed by atoms with Crippen LogP contribution >= 0.6 is 0 Å². The number of hydrogen-bond donors (Lipinski definition) is 0. The van der Waals surface area contributed by atoms with Gasteiger partial charge in [0.25, 0.3) is 0 Å². The predicted octanol–water partition coefficient (Wildman–Crippen LogP) is 6.19. The Bertz CT molecular complexity index is 1080. The third-order valence-corrected chi connectivity index (χ3v) is 4.82. The van der Waals surface area contributed by atoms with Crippen molar-refractivity contribution in [2.24, 2.45) is 4.99 Å². The van der Waals surface area contributed by atoms with Crippen LogP contribution in [0.5, 0.6) is 0 Å². The molecule has 29 heavy (non-hydrogen) atoms. The van der Waals surface area contributed by atoms with E-state index in [-0.39, 0.29) is 6.04 Å². The molecule has 0 fully saturated rings. The number of hydrogen-bond acceptors (Lipinski definition) is 2. The van der Waals surface area contributed by atoms with Crippen LogP contribution in [-0.4, -0.2) is 5.71 Å². The molecule has 4 rings (SSSR count). The standard InChI is InChI=1S/C27H20N2/c28-20-21-16-18-25(19-17-21)27(24-14-8-3-9-15-24)29-26(22-10-4-1-5-11-22)23-12-6-2-7-13-23/h1-19,27H. The lowest BCUT2D eigenvalue weighted by Crippen LogP contribution is -2.08. The van der Waals surface area contributed by atoms with Crippen molar-refractivity contribution in [3.05, 3.63) is 143 Å². The Balaban J connectivity index is 1.89. The molecule has 138 valence electrons. The van der Waals surface area contributed by atoms with Gasteiger partial charge in [-0.05, 0) is 23.3 Å². The summed E-state index contributed by atoms with van der Waals surface area (Å²) in [6.07, 6.45) is 0. The lowest BCUT2D eigenvalue weighted by atomic mass is 9.96. The Hall–Kier alpha value is -3.96. The normalized spacial score (nSPS) is 11.3. The second-order valence-electron chi connectivity index (χ2n) is 6.76. The van der Waals surface area contributed by atoms with Crippen molar-refractivity contribution in [2.45, 2.75) is 6.04 Å². The molecule has 2 heteroatoms. The minimum atomic E-state index is -0.167. The highest BCUT2D eigenvalue weighted by Crippen LogP contribution is 2.28. The summed E-state index contributed by atoms with van der Waals surface area (Å²) >= 11 is 0. The first-order chi connectivity index (χ1) is 14.3. The SMILES string of the molecule is N#Cc1ccc(C(N=C(c2ccccc2)c2ccccc2)c2ccccc2)cc1. The maximum atomic E-state index is 9.15. The number of nitriles is 1. The van der Waals surface area contributed by atoms with Crippen LogP contribution in [-0.2, 0) is 0 Å². The van der Waals surface area contributed by atoms with Crippen molar-refractivity contribution >= 4 is 5.71 Å². The molecule has 0 saturated carbocycles. The Morgan fingerprint density at radius 2 is 1.03 bits per heavy atom.